The van der Waals surface area contributed by atoms with Crippen molar-refractivity contribution in [3.05, 3.63) is 194 Å². The van der Waals surface area contributed by atoms with Crippen molar-refractivity contribution in [1.82, 2.24) is 0 Å². The van der Waals surface area contributed by atoms with E-state index in [4.69, 9.17) is 18.9 Å². The molecule has 0 saturated heterocycles. The first kappa shape index (κ1) is 77.1. The van der Waals surface area contributed by atoms with E-state index < -0.39 is 24.3 Å². The SMILES string of the molecule is CC/C=C\C/C=C\C/C=C\C/C=C\C/C=C\C/C=C\C/C=C\C/C=C\C/C=C\CCCC(=O)OC(COC(=O)CCCCCCCCC/C=C\C/C=C\C/C=C\C/C=C\C/C=C\C/C=C\C/C=C\CC)COC(OCC[N+](C)(C)C)C(=O)O. The number of ether oxygens (including phenoxy) is 4. The summed E-state index contributed by atoms with van der Waals surface area (Å²) in [4.78, 5) is 37.5. The van der Waals surface area contributed by atoms with E-state index in [1.165, 1.54) is 19.3 Å². The number of esters is 2. The number of hydrogen-bond acceptors (Lipinski definition) is 7. The molecule has 0 saturated carbocycles. The van der Waals surface area contributed by atoms with E-state index in [2.05, 4.69) is 208 Å². The molecule has 2 atom stereocenters. The third-order valence-electron chi connectivity index (χ3n) is 12.3. The van der Waals surface area contributed by atoms with Crippen molar-refractivity contribution in [2.24, 2.45) is 0 Å². The van der Waals surface area contributed by atoms with E-state index >= 15 is 0 Å². The van der Waals surface area contributed by atoms with Crippen molar-refractivity contribution in [1.29, 1.82) is 0 Å². The van der Waals surface area contributed by atoms with Gasteiger partial charge in [-0.3, -0.25) is 9.59 Å². The molecule has 0 aliphatic heterocycles. The van der Waals surface area contributed by atoms with Gasteiger partial charge in [-0.2, -0.15) is 0 Å². The molecule has 0 aliphatic carbocycles. The van der Waals surface area contributed by atoms with Crippen molar-refractivity contribution in [2.45, 2.75) is 206 Å². The van der Waals surface area contributed by atoms with Crippen molar-refractivity contribution in [3.63, 3.8) is 0 Å². The number of nitrogens with zero attached hydrogens (tertiary/aromatic N) is 1. The molecule has 83 heavy (non-hydrogen) atoms. The number of rotatable bonds is 55. The van der Waals surface area contributed by atoms with E-state index in [0.717, 1.165) is 128 Å². The fourth-order valence-corrected chi connectivity index (χ4v) is 7.58. The summed E-state index contributed by atoms with van der Waals surface area (Å²) in [6.07, 6.45) is 93.8. The summed E-state index contributed by atoms with van der Waals surface area (Å²) < 4.78 is 22.8. The summed E-state index contributed by atoms with van der Waals surface area (Å²) in [5.41, 5.74) is 0. The molecule has 0 aromatic carbocycles. The molecular formula is C74H114NO8+. The molecule has 0 spiro atoms. The van der Waals surface area contributed by atoms with E-state index in [0.29, 0.717) is 30.3 Å². The maximum absolute atomic E-state index is 12.9. The van der Waals surface area contributed by atoms with Crippen LogP contribution < -0.4 is 0 Å². The highest BCUT2D eigenvalue weighted by molar-refractivity contribution is 5.71. The zero-order valence-electron chi connectivity index (χ0n) is 52.5. The van der Waals surface area contributed by atoms with Crippen LogP contribution in [0.15, 0.2) is 194 Å². The largest absolute Gasteiger partial charge is 0.477 e. The van der Waals surface area contributed by atoms with Gasteiger partial charge in [0.05, 0.1) is 34.4 Å². The van der Waals surface area contributed by atoms with Gasteiger partial charge < -0.3 is 28.5 Å². The molecule has 1 N–H and O–H groups in total. The average Bonchev–Trinajstić information content (AvgIpc) is 3.46. The van der Waals surface area contributed by atoms with Gasteiger partial charge in [-0.1, -0.05) is 240 Å². The van der Waals surface area contributed by atoms with Crippen molar-refractivity contribution in [3.8, 4) is 0 Å². The number of quaternary nitrogens is 1. The van der Waals surface area contributed by atoms with Gasteiger partial charge in [-0.05, 0) is 135 Å². The van der Waals surface area contributed by atoms with Crippen LogP contribution in [-0.2, 0) is 33.3 Å². The summed E-state index contributed by atoms with van der Waals surface area (Å²) >= 11 is 0. The molecule has 0 heterocycles. The number of hydrogen-bond donors (Lipinski definition) is 1. The molecule has 0 aromatic rings. The third-order valence-corrected chi connectivity index (χ3v) is 12.3. The highest BCUT2D eigenvalue weighted by Crippen LogP contribution is 2.13. The van der Waals surface area contributed by atoms with Crippen LogP contribution in [-0.4, -0.2) is 87.4 Å². The van der Waals surface area contributed by atoms with E-state index in [-0.39, 0.29) is 38.6 Å². The predicted octanol–water partition coefficient (Wildman–Crippen LogP) is 19.5. The van der Waals surface area contributed by atoms with E-state index in [1.54, 1.807) is 0 Å². The average molecular weight is 1150 g/mol. The highest BCUT2D eigenvalue weighted by Gasteiger charge is 2.25. The monoisotopic (exact) mass is 1140 g/mol. The number of carbonyl (C=O) groups is 3. The standard InChI is InChI=1S/C74H113NO8/c1-6-8-10-12-14-16-18-20-22-24-26-28-30-32-34-36-38-40-42-44-46-48-50-52-54-56-58-60-62-64-71(76)81-68-70(69-82-74(73(78)79)80-67-66-75(3,4)5)83-72(77)65-63-61-59-57-55-53-51-49-47-45-43-41-39-37-35-33-31-29-27-25-23-21-19-17-15-13-11-9-7-2/h8-11,14-17,20-23,26-29,32-35,38-41,44-47,51,53,57,59,70,74H,6-7,12-13,18-19,24-25,30-31,36-37,42-43,48-50,52,54-56,58,60-69H2,1-5H3/p+1/b10-8-,11-9-,16-14-,17-15-,22-20-,23-21-,28-26-,29-27-,34-32-,35-33-,40-38-,41-39-,46-44-,47-45-,53-51-,59-57-. The molecule has 0 bridgehead atoms. The number of carboxylic acids is 1. The van der Waals surface area contributed by atoms with Crippen molar-refractivity contribution >= 4 is 17.9 Å². The van der Waals surface area contributed by atoms with Crippen molar-refractivity contribution < 1.29 is 42.9 Å². The Labute approximate surface area is 506 Å². The minimum Gasteiger partial charge on any atom is -0.477 e. The van der Waals surface area contributed by atoms with Crippen LogP contribution >= 0.6 is 0 Å². The predicted molar refractivity (Wildman–Crippen MR) is 354 cm³/mol. The lowest BCUT2D eigenvalue weighted by Gasteiger charge is -2.25. The maximum Gasteiger partial charge on any atom is 0.361 e. The molecule has 0 radical (unpaired) electrons. The summed E-state index contributed by atoms with van der Waals surface area (Å²) in [5.74, 6) is -2.13. The van der Waals surface area contributed by atoms with Gasteiger partial charge in [0.2, 0.25) is 0 Å². The molecular weight excluding hydrogens is 1030 g/mol. The fraction of sp³-hybridized carbons (Fsp3) is 0.527. The molecule has 462 valence electrons. The van der Waals surface area contributed by atoms with Crippen LogP contribution in [0, 0.1) is 0 Å². The maximum atomic E-state index is 12.9. The zero-order valence-corrected chi connectivity index (χ0v) is 52.5. The Hall–Kier alpha value is -5.87. The molecule has 0 aliphatic rings. The van der Waals surface area contributed by atoms with Crippen LogP contribution in [0.1, 0.15) is 194 Å². The van der Waals surface area contributed by atoms with Crippen LogP contribution in [0.5, 0.6) is 0 Å². The Morgan fingerprint density at radius 2 is 0.663 bits per heavy atom. The lowest BCUT2D eigenvalue weighted by molar-refractivity contribution is -0.870. The zero-order chi connectivity index (χ0) is 60.5. The Morgan fingerprint density at radius 3 is 1.00 bits per heavy atom. The Kier molecular flexibility index (Phi) is 57.8. The summed E-state index contributed by atoms with van der Waals surface area (Å²) in [6.45, 7) is 4.53. The van der Waals surface area contributed by atoms with E-state index in [1.807, 2.05) is 21.1 Å². The topological polar surface area (TPSA) is 108 Å². The molecule has 9 nitrogen and oxygen atoms in total. The van der Waals surface area contributed by atoms with Crippen LogP contribution in [0.2, 0.25) is 0 Å². The first-order chi connectivity index (χ1) is 40.6. The molecule has 0 fully saturated rings. The fourth-order valence-electron chi connectivity index (χ4n) is 7.58. The summed E-state index contributed by atoms with van der Waals surface area (Å²) in [6, 6.07) is 0. The van der Waals surface area contributed by atoms with Crippen LogP contribution in [0.4, 0.5) is 0 Å². The normalized spacial score (nSPS) is 14.1. The van der Waals surface area contributed by atoms with Gasteiger partial charge in [0.25, 0.3) is 6.29 Å². The van der Waals surface area contributed by atoms with Gasteiger partial charge in [-0.25, -0.2) is 4.79 Å². The first-order valence-corrected chi connectivity index (χ1v) is 31.6. The minimum atomic E-state index is -1.54. The number of aliphatic carboxylic acids is 1. The Morgan fingerprint density at radius 1 is 0.361 bits per heavy atom. The summed E-state index contributed by atoms with van der Waals surface area (Å²) in [7, 11) is 5.93. The lowest BCUT2D eigenvalue weighted by Crippen LogP contribution is -2.40. The number of likely N-dealkylation sites (N-methyl/N-ethyl adjacent to an activating group) is 1. The lowest BCUT2D eigenvalue weighted by atomic mass is 10.1. The molecule has 2 unspecified atom stereocenters. The Balaban J connectivity index is 4.40. The van der Waals surface area contributed by atoms with Gasteiger partial charge in [-0.15, -0.1) is 0 Å². The van der Waals surface area contributed by atoms with Crippen LogP contribution in [0.25, 0.3) is 0 Å². The smallest absolute Gasteiger partial charge is 0.361 e. The number of carbonyl (C=O) groups excluding carboxylic acids is 2. The van der Waals surface area contributed by atoms with Gasteiger partial charge in [0.15, 0.2) is 6.10 Å². The summed E-state index contributed by atoms with van der Waals surface area (Å²) in [5, 5.41) is 9.72. The number of carboxylic acid groups (broad SMARTS) is 1. The molecule has 9 heteroatoms. The molecule has 0 rings (SSSR count). The number of allylic oxidation sites excluding steroid dienone is 32. The van der Waals surface area contributed by atoms with E-state index in [9.17, 15) is 19.5 Å². The first-order valence-electron chi connectivity index (χ1n) is 31.6. The third kappa shape index (κ3) is 63.6. The second kappa shape index (κ2) is 62.2. The second-order valence-corrected chi connectivity index (χ2v) is 21.2. The quantitative estimate of drug-likeness (QED) is 0.0211. The minimum absolute atomic E-state index is 0.162. The van der Waals surface area contributed by atoms with Gasteiger partial charge in [0.1, 0.15) is 13.2 Å². The highest BCUT2D eigenvalue weighted by atomic mass is 16.7. The van der Waals surface area contributed by atoms with Crippen LogP contribution in [0.3, 0.4) is 0 Å². The van der Waals surface area contributed by atoms with Gasteiger partial charge in [0, 0.05) is 12.8 Å². The molecule has 0 amide bonds. The number of unbranched alkanes of at least 4 members (excludes halogenated alkanes) is 8. The van der Waals surface area contributed by atoms with Gasteiger partial charge >= 0.3 is 17.9 Å². The van der Waals surface area contributed by atoms with Crippen molar-refractivity contribution in [2.75, 3.05) is 47.5 Å². The second-order valence-electron chi connectivity index (χ2n) is 21.2. The molecule has 0 aromatic heterocycles. The Bertz CT molecular complexity index is 2060.